The number of nitrogens with two attached hydrogens (primary N) is 1. The summed E-state index contributed by atoms with van der Waals surface area (Å²) in [7, 11) is -3.95. The van der Waals surface area contributed by atoms with Crippen molar-refractivity contribution in [2.24, 2.45) is 22.9 Å². The van der Waals surface area contributed by atoms with Crippen LogP contribution in [0, 0.1) is 17.8 Å². The fourth-order valence-electron chi connectivity index (χ4n) is 5.64. The van der Waals surface area contributed by atoms with Gasteiger partial charge in [0.2, 0.25) is 10.0 Å². The summed E-state index contributed by atoms with van der Waals surface area (Å²) < 4.78 is 28.7. The average molecular weight is 618 g/mol. The number of aliphatic hydroxyl groups excluding tert-OH is 3. The largest absolute Gasteiger partial charge is 0.459 e. The second kappa shape index (κ2) is 13.5. The third-order valence-corrected chi connectivity index (χ3v) is 9.28. The van der Waals surface area contributed by atoms with E-state index in [2.05, 4.69) is 5.32 Å². The first-order chi connectivity index (χ1) is 19.1. The lowest BCUT2D eigenvalue weighted by Gasteiger charge is -2.43. The molecule has 0 radical (unpaired) electrons. The van der Waals surface area contributed by atoms with E-state index in [-0.39, 0.29) is 30.0 Å². The lowest BCUT2D eigenvalue weighted by atomic mass is 9.78. The topological polar surface area (TPSA) is 220 Å². The van der Waals surface area contributed by atoms with Crippen LogP contribution in [-0.4, -0.2) is 99.1 Å². The number of aliphatic hydroxyl groups is 5. The Kier molecular flexibility index (Phi) is 11.6. The number of rotatable bonds is 3. The van der Waals surface area contributed by atoms with E-state index >= 15 is 0 Å². The molecule has 1 aromatic carbocycles. The van der Waals surface area contributed by atoms with Crippen molar-refractivity contribution in [1.82, 2.24) is 4.90 Å². The molecule has 2 amide bonds. The summed E-state index contributed by atoms with van der Waals surface area (Å²) in [4.78, 5) is 27.7. The second-order valence-corrected chi connectivity index (χ2v) is 13.7. The third-order valence-electron chi connectivity index (χ3n) is 8.35. The number of cyclic esters (lactones) is 1. The highest BCUT2D eigenvalue weighted by molar-refractivity contribution is 7.89. The Morgan fingerprint density at radius 1 is 1.07 bits per heavy atom. The molecule has 0 spiro atoms. The predicted octanol–water partition coefficient (Wildman–Crippen LogP) is 0.775. The van der Waals surface area contributed by atoms with Gasteiger partial charge in [-0.3, -0.25) is 4.79 Å². The van der Waals surface area contributed by atoms with Gasteiger partial charge in [-0.05, 0) is 70.7 Å². The normalized spacial score (nSPS) is 37.7. The van der Waals surface area contributed by atoms with Crippen molar-refractivity contribution in [2.75, 3.05) is 11.9 Å². The van der Waals surface area contributed by atoms with Crippen molar-refractivity contribution in [3.8, 4) is 0 Å². The Balaban J connectivity index is 2.54. The zero-order valence-electron chi connectivity index (χ0n) is 25.3. The first-order valence-electron chi connectivity index (χ1n) is 14.0. The SMILES string of the molecule is CC[C@H]1OC(=O)[C@H](C)[C@@H](O)[C@H](C)[C@@H](O)[C@@](C)(O)C[C@@H](C)CN(C(=O)Nc2ccc(S(N)(=O)=O)cc2)[C@H](C)[C@@H](O)[C@]1(C)O. The number of primary sulfonamides is 1. The number of hydrogen-bond acceptors (Lipinski definition) is 10. The van der Waals surface area contributed by atoms with Crippen LogP contribution in [0.25, 0.3) is 0 Å². The van der Waals surface area contributed by atoms with Gasteiger partial charge in [-0.15, -0.1) is 0 Å². The first-order valence-corrected chi connectivity index (χ1v) is 15.6. The van der Waals surface area contributed by atoms with Crippen molar-refractivity contribution in [3.05, 3.63) is 24.3 Å². The van der Waals surface area contributed by atoms with Crippen LogP contribution in [0.2, 0.25) is 0 Å². The maximum atomic E-state index is 13.6. The van der Waals surface area contributed by atoms with Gasteiger partial charge >= 0.3 is 12.0 Å². The summed E-state index contributed by atoms with van der Waals surface area (Å²) >= 11 is 0. The van der Waals surface area contributed by atoms with E-state index in [1.165, 1.54) is 63.8 Å². The molecule has 240 valence electrons. The molecule has 1 aliphatic heterocycles. The zero-order valence-corrected chi connectivity index (χ0v) is 26.1. The number of benzene rings is 1. The maximum absolute atomic E-state index is 13.6. The Morgan fingerprint density at radius 3 is 2.12 bits per heavy atom. The van der Waals surface area contributed by atoms with Crippen molar-refractivity contribution in [3.63, 3.8) is 0 Å². The summed E-state index contributed by atoms with van der Waals surface area (Å²) in [6.45, 7) is 10.4. The van der Waals surface area contributed by atoms with Crippen LogP contribution >= 0.6 is 0 Å². The lowest BCUT2D eigenvalue weighted by Crippen LogP contribution is -2.61. The van der Waals surface area contributed by atoms with E-state index in [4.69, 9.17) is 9.88 Å². The first kappa shape index (κ1) is 35.9. The van der Waals surface area contributed by atoms with Crippen LogP contribution in [0.3, 0.4) is 0 Å². The lowest BCUT2D eigenvalue weighted by molar-refractivity contribution is -0.192. The van der Waals surface area contributed by atoms with Gasteiger partial charge in [-0.1, -0.05) is 20.8 Å². The average Bonchev–Trinajstić information content (AvgIpc) is 2.90. The quantitative estimate of drug-likeness (QED) is 0.236. The molecule has 8 N–H and O–H groups in total. The number of carbonyl (C=O) groups excluding carboxylic acids is 2. The van der Waals surface area contributed by atoms with E-state index < -0.39 is 81.4 Å². The molecule has 13 nitrogen and oxygen atoms in total. The van der Waals surface area contributed by atoms with Gasteiger partial charge in [0.05, 0.1) is 34.7 Å². The van der Waals surface area contributed by atoms with Crippen LogP contribution in [0.15, 0.2) is 29.2 Å². The van der Waals surface area contributed by atoms with E-state index in [1.807, 2.05) is 0 Å². The Hall–Kier alpha value is -2.33. The molecular weight excluding hydrogens is 570 g/mol. The van der Waals surface area contributed by atoms with Crippen molar-refractivity contribution >= 4 is 27.7 Å². The number of nitrogens with zero attached hydrogens (tertiary/aromatic N) is 1. The number of amides is 2. The number of sulfonamides is 1. The van der Waals surface area contributed by atoms with E-state index in [1.54, 1.807) is 13.8 Å². The van der Waals surface area contributed by atoms with Gasteiger partial charge < -0.3 is 40.5 Å². The van der Waals surface area contributed by atoms with Gasteiger partial charge in [0, 0.05) is 18.2 Å². The molecule has 1 saturated heterocycles. The highest BCUT2D eigenvalue weighted by Gasteiger charge is 2.48. The van der Waals surface area contributed by atoms with Crippen LogP contribution in [0.5, 0.6) is 0 Å². The monoisotopic (exact) mass is 617 g/mol. The Morgan fingerprint density at radius 2 is 1.62 bits per heavy atom. The van der Waals surface area contributed by atoms with Crippen LogP contribution in [-0.2, 0) is 19.6 Å². The molecule has 0 unspecified atom stereocenters. The Bertz CT molecular complexity index is 1190. The summed E-state index contributed by atoms with van der Waals surface area (Å²) in [5.74, 6) is -3.43. The summed E-state index contributed by atoms with van der Waals surface area (Å²) in [5, 5.41) is 63.7. The van der Waals surface area contributed by atoms with Gasteiger partial charge in [0.25, 0.3) is 0 Å². The molecule has 10 atom stereocenters. The summed E-state index contributed by atoms with van der Waals surface area (Å²) in [5.41, 5.74) is -3.55. The van der Waals surface area contributed by atoms with Gasteiger partial charge in [0.15, 0.2) is 0 Å². The zero-order chi connectivity index (χ0) is 32.4. The fraction of sp³-hybridized carbons (Fsp3) is 0.714. The fourth-order valence-corrected chi connectivity index (χ4v) is 6.16. The molecule has 42 heavy (non-hydrogen) atoms. The second-order valence-electron chi connectivity index (χ2n) is 12.1. The smallest absolute Gasteiger partial charge is 0.322 e. The van der Waals surface area contributed by atoms with E-state index in [0.29, 0.717) is 0 Å². The predicted molar refractivity (Wildman–Crippen MR) is 155 cm³/mol. The third kappa shape index (κ3) is 8.18. The number of urea groups is 1. The standard InChI is InChI=1S/C28H47N3O10S/c1-8-21-28(7,38)24(34)18(5)31(26(36)30-19-9-11-20(12-10-19)42(29,39)40)14-15(2)13-27(6,37)23(33)16(3)22(32)17(4)25(35)41-21/h9-12,15-18,21-24,32-34,37-38H,8,13-14H2,1-7H3,(H,30,36)(H2,29,39,40)/t15-,16+,17-,18-,21-,22+,23-,24-,27+,28-/m1/s1. The molecule has 0 aromatic heterocycles. The number of hydrogen-bond donors (Lipinski definition) is 7. The van der Waals surface area contributed by atoms with Crippen molar-refractivity contribution in [1.29, 1.82) is 0 Å². The highest BCUT2D eigenvalue weighted by Crippen LogP contribution is 2.33. The van der Waals surface area contributed by atoms with Crippen LogP contribution < -0.4 is 10.5 Å². The van der Waals surface area contributed by atoms with Gasteiger partial charge in [-0.2, -0.15) is 0 Å². The molecule has 2 rings (SSSR count). The van der Waals surface area contributed by atoms with Gasteiger partial charge in [-0.25, -0.2) is 18.4 Å². The van der Waals surface area contributed by atoms with Crippen molar-refractivity contribution < 1.29 is 48.3 Å². The number of nitrogens with one attached hydrogen (secondary N) is 1. The maximum Gasteiger partial charge on any atom is 0.322 e. The van der Waals surface area contributed by atoms with E-state index in [9.17, 15) is 43.5 Å². The molecule has 1 heterocycles. The molecule has 1 aromatic rings. The molecule has 0 saturated carbocycles. The molecule has 0 bridgehead atoms. The molecule has 1 fully saturated rings. The molecule has 14 heteroatoms. The molecular formula is C28H47N3O10S. The molecule has 0 aliphatic carbocycles. The number of anilines is 1. The number of esters is 1. The van der Waals surface area contributed by atoms with Crippen LogP contribution in [0.1, 0.15) is 61.3 Å². The number of carbonyl (C=O) groups is 2. The number of ether oxygens (including phenoxy) is 1. The Labute approximate surface area is 247 Å². The van der Waals surface area contributed by atoms with Crippen molar-refractivity contribution in [2.45, 2.75) is 108 Å². The summed E-state index contributed by atoms with van der Waals surface area (Å²) in [6.07, 6.45) is -5.64. The van der Waals surface area contributed by atoms with Crippen LogP contribution in [0.4, 0.5) is 10.5 Å². The minimum absolute atomic E-state index is 0.0340. The van der Waals surface area contributed by atoms with Gasteiger partial charge in [0.1, 0.15) is 17.8 Å². The molecule has 1 aliphatic rings. The summed E-state index contributed by atoms with van der Waals surface area (Å²) in [6, 6.07) is 3.34. The minimum atomic E-state index is -3.95. The highest BCUT2D eigenvalue weighted by atomic mass is 32.2. The minimum Gasteiger partial charge on any atom is -0.459 e. The van der Waals surface area contributed by atoms with E-state index in [0.717, 1.165) is 0 Å².